The predicted molar refractivity (Wildman–Crippen MR) is 74.6 cm³/mol. The summed E-state index contributed by atoms with van der Waals surface area (Å²) in [6, 6.07) is 8.52. The number of likely N-dealkylation sites (N-methyl/N-ethyl adjacent to an activating group) is 1. The monoisotopic (exact) mass is 245 g/mol. The lowest BCUT2D eigenvalue weighted by molar-refractivity contribution is -0.128. The average Bonchev–Trinajstić information content (AvgIpc) is 2.42. The molecule has 2 rings (SSSR count). The number of nitrogens with one attached hydrogen (secondary N) is 1. The van der Waals surface area contributed by atoms with Gasteiger partial charge in [-0.15, -0.1) is 0 Å². The number of carbonyl (C=O) groups excluding carboxylic acids is 1. The third-order valence-electron chi connectivity index (χ3n) is 3.99. The van der Waals surface area contributed by atoms with Crippen molar-refractivity contribution in [1.29, 1.82) is 0 Å². The van der Waals surface area contributed by atoms with Crippen LogP contribution in [0.4, 0.5) is 0 Å². The van der Waals surface area contributed by atoms with Crippen molar-refractivity contribution in [2.24, 2.45) is 0 Å². The summed E-state index contributed by atoms with van der Waals surface area (Å²) in [4.78, 5) is 12.4. The number of carbonyl (C=O) groups is 1. The molecule has 0 heterocycles. The number of benzene rings is 1. The molecule has 1 aliphatic carbocycles. The summed E-state index contributed by atoms with van der Waals surface area (Å²) in [7, 11) is 0. The SMILES string of the molecule is CCN[C@]1(c2cccc(CC)c2)CCCCC1=O. The predicted octanol–water partition coefficient (Wildman–Crippen LogP) is 3.20. The van der Waals surface area contributed by atoms with Gasteiger partial charge in [-0.05, 0) is 36.9 Å². The molecule has 1 fully saturated rings. The van der Waals surface area contributed by atoms with Gasteiger partial charge in [-0.2, -0.15) is 0 Å². The molecular weight excluding hydrogens is 222 g/mol. The van der Waals surface area contributed by atoms with E-state index in [9.17, 15) is 4.79 Å². The first kappa shape index (κ1) is 13.3. The van der Waals surface area contributed by atoms with Gasteiger partial charge in [-0.25, -0.2) is 0 Å². The van der Waals surface area contributed by atoms with Crippen molar-refractivity contribution >= 4 is 5.78 Å². The van der Waals surface area contributed by atoms with Crippen LogP contribution in [0.3, 0.4) is 0 Å². The molecular formula is C16H23NO. The highest BCUT2D eigenvalue weighted by Crippen LogP contribution is 2.34. The van der Waals surface area contributed by atoms with Crippen molar-refractivity contribution in [2.45, 2.75) is 51.5 Å². The summed E-state index contributed by atoms with van der Waals surface area (Å²) in [6.07, 6.45) is 4.84. The zero-order chi connectivity index (χ0) is 13.0. The summed E-state index contributed by atoms with van der Waals surface area (Å²) >= 11 is 0. The maximum atomic E-state index is 12.4. The Morgan fingerprint density at radius 3 is 2.78 bits per heavy atom. The Balaban J connectivity index is 2.41. The fourth-order valence-electron chi connectivity index (χ4n) is 2.98. The molecule has 2 heteroatoms. The van der Waals surface area contributed by atoms with Gasteiger partial charge < -0.3 is 5.32 Å². The maximum absolute atomic E-state index is 12.4. The molecule has 0 amide bonds. The second kappa shape index (κ2) is 5.66. The number of rotatable bonds is 4. The highest BCUT2D eigenvalue weighted by Gasteiger charge is 2.40. The van der Waals surface area contributed by atoms with Crippen LogP contribution >= 0.6 is 0 Å². The number of hydrogen-bond donors (Lipinski definition) is 1. The van der Waals surface area contributed by atoms with Crippen LogP contribution in [0.25, 0.3) is 0 Å². The Kier molecular flexibility index (Phi) is 4.18. The van der Waals surface area contributed by atoms with Crippen LogP contribution in [0.5, 0.6) is 0 Å². The van der Waals surface area contributed by atoms with Crippen LogP contribution in [0.15, 0.2) is 24.3 Å². The van der Waals surface area contributed by atoms with Gasteiger partial charge >= 0.3 is 0 Å². The fraction of sp³-hybridized carbons (Fsp3) is 0.562. The van der Waals surface area contributed by atoms with E-state index in [4.69, 9.17) is 0 Å². The van der Waals surface area contributed by atoms with E-state index in [2.05, 4.69) is 43.4 Å². The standard InChI is InChI=1S/C16H23NO/c1-3-13-8-7-9-14(12-13)16(17-4-2)11-6-5-10-15(16)18/h7-9,12,17H,3-6,10-11H2,1-2H3/t16-/m0/s1. The lowest BCUT2D eigenvalue weighted by atomic mass is 9.75. The molecule has 0 aromatic heterocycles. The van der Waals surface area contributed by atoms with E-state index in [1.165, 1.54) is 5.56 Å². The zero-order valence-electron chi connectivity index (χ0n) is 11.5. The molecule has 1 aliphatic rings. The van der Waals surface area contributed by atoms with Crippen LogP contribution in [-0.2, 0) is 16.8 Å². The maximum Gasteiger partial charge on any atom is 0.157 e. The first-order chi connectivity index (χ1) is 8.73. The molecule has 1 aromatic carbocycles. The Bertz CT molecular complexity index is 423. The van der Waals surface area contributed by atoms with Gasteiger partial charge in [0.1, 0.15) is 5.54 Å². The van der Waals surface area contributed by atoms with E-state index in [0.29, 0.717) is 12.2 Å². The number of hydrogen-bond acceptors (Lipinski definition) is 2. The van der Waals surface area contributed by atoms with Crippen molar-refractivity contribution in [1.82, 2.24) is 5.32 Å². The van der Waals surface area contributed by atoms with Crippen LogP contribution in [0.2, 0.25) is 0 Å². The molecule has 0 radical (unpaired) electrons. The molecule has 98 valence electrons. The first-order valence-corrected chi connectivity index (χ1v) is 7.10. The van der Waals surface area contributed by atoms with E-state index >= 15 is 0 Å². The number of aryl methyl sites for hydroxylation is 1. The quantitative estimate of drug-likeness (QED) is 0.882. The van der Waals surface area contributed by atoms with Crippen molar-refractivity contribution in [3.05, 3.63) is 35.4 Å². The smallest absolute Gasteiger partial charge is 0.157 e. The molecule has 1 saturated carbocycles. The van der Waals surface area contributed by atoms with Crippen LogP contribution < -0.4 is 5.32 Å². The van der Waals surface area contributed by atoms with Gasteiger partial charge in [0.05, 0.1) is 0 Å². The first-order valence-electron chi connectivity index (χ1n) is 7.10. The Morgan fingerprint density at radius 1 is 1.28 bits per heavy atom. The van der Waals surface area contributed by atoms with Gasteiger partial charge in [0.25, 0.3) is 0 Å². The molecule has 2 nitrogen and oxygen atoms in total. The van der Waals surface area contributed by atoms with Crippen molar-refractivity contribution in [3.8, 4) is 0 Å². The molecule has 0 bridgehead atoms. The molecule has 18 heavy (non-hydrogen) atoms. The summed E-state index contributed by atoms with van der Waals surface area (Å²) in [5.74, 6) is 0.365. The highest BCUT2D eigenvalue weighted by molar-refractivity contribution is 5.90. The van der Waals surface area contributed by atoms with Crippen molar-refractivity contribution < 1.29 is 4.79 Å². The topological polar surface area (TPSA) is 29.1 Å². The van der Waals surface area contributed by atoms with Gasteiger partial charge in [-0.1, -0.05) is 44.5 Å². The second-order valence-electron chi connectivity index (χ2n) is 5.12. The molecule has 0 saturated heterocycles. The minimum Gasteiger partial charge on any atom is -0.302 e. The molecule has 1 aromatic rings. The minimum absolute atomic E-state index is 0.365. The normalized spacial score (nSPS) is 24.2. The molecule has 0 unspecified atom stereocenters. The fourth-order valence-corrected chi connectivity index (χ4v) is 2.98. The molecule has 0 aliphatic heterocycles. The van der Waals surface area contributed by atoms with E-state index < -0.39 is 5.54 Å². The number of Topliss-reactive ketones (excluding diaryl/α,β-unsaturated/α-hetero) is 1. The van der Waals surface area contributed by atoms with Gasteiger partial charge in [-0.3, -0.25) is 4.79 Å². The lowest BCUT2D eigenvalue weighted by Gasteiger charge is -2.37. The average molecular weight is 245 g/mol. The molecule has 0 spiro atoms. The summed E-state index contributed by atoms with van der Waals surface area (Å²) in [5, 5.41) is 3.47. The van der Waals surface area contributed by atoms with Crippen LogP contribution in [-0.4, -0.2) is 12.3 Å². The summed E-state index contributed by atoms with van der Waals surface area (Å²) < 4.78 is 0. The van der Waals surface area contributed by atoms with E-state index in [-0.39, 0.29) is 0 Å². The minimum atomic E-state index is -0.418. The van der Waals surface area contributed by atoms with E-state index in [1.54, 1.807) is 0 Å². The Hall–Kier alpha value is -1.15. The molecule has 1 N–H and O–H groups in total. The zero-order valence-corrected chi connectivity index (χ0v) is 11.5. The van der Waals surface area contributed by atoms with Crippen molar-refractivity contribution in [2.75, 3.05) is 6.54 Å². The third kappa shape index (κ3) is 2.35. The summed E-state index contributed by atoms with van der Waals surface area (Å²) in [5.41, 5.74) is 2.05. The van der Waals surface area contributed by atoms with Gasteiger partial charge in [0.2, 0.25) is 0 Å². The Morgan fingerprint density at radius 2 is 2.11 bits per heavy atom. The van der Waals surface area contributed by atoms with Gasteiger partial charge in [0.15, 0.2) is 5.78 Å². The van der Waals surface area contributed by atoms with E-state index in [0.717, 1.165) is 37.8 Å². The molecule has 1 atom stereocenters. The van der Waals surface area contributed by atoms with Crippen LogP contribution in [0.1, 0.15) is 50.7 Å². The Labute approximate surface area is 110 Å². The lowest BCUT2D eigenvalue weighted by Crippen LogP contribution is -2.50. The second-order valence-corrected chi connectivity index (χ2v) is 5.12. The van der Waals surface area contributed by atoms with Crippen molar-refractivity contribution in [3.63, 3.8) is 0 Å². The highest BCUT2D eigenvalue weighted by atomic mass is 16.1. The number of ketones is 1. The van der Waals surface area contributed by atoms with E-state index in [1.807, 2.05) is 0 Å². The van der Waals surface area contributed by atoms with Gasteiger partial charge in [0, 0.05) is 6.42 Å². The van der Waals surface area contributed by atoms with Crippen LogP contribution in [0, 0.1) is 0 Å². The largest absolute Gasteiger partial charge is 0.302 e. The third-order valence-corrected chi connectivity index (χ3v) is 3.99. The summed E-state index contributed by atoms with van der Waals surface area (Å²) in [6.45, 7) is 5.07.